The van der Waals surface area contributed by atoms with Gasteiger partial charge in [-0.1, -0.05) is 31.2 Å². The van der Waals surface area contributed by atoms with Gasteiger partial charge in [-0.3, -0.25) is 0 Å². The van der Waals surface area contributed by atoms with Crippen LogP contribution in [0.3, 0.4) is 0 Å². The summed E-state index contributed by atoms with van der Waals surface area (Å²) in [5.74, 6) is 0.942. The number of hydrogen-bond donors (Lipinski definition) is 1. The van der Waals surface area contributed by atoms with E-state index in [1.165, 1.54) is 16.0 Å². The van der Waals surface area contributed by atoms with Crippen molar-refractivity contribution in [3.05, 3.63) is 51.7 Å². The maximum atomic E-state index is 5.30. The Morgan fingerprint density at radius 3 is 2.74 bits per heavy atom. The third-order valence-electron chi connectivity index (χ3n) is 3.21. The van der Waals surface area contributed by atoms with E-state index in [0.29, 0.717) is 0 Å². The molecule has 102 valence electrons. The number of methoxy groups -OCH3 is 1. The van der Waals surface area contributed by atoms with E-state index in [1.54, 1.807) is 18.4 Å². The van der Waals surface area contributed by atoms with Gasteiger partial charge in [-0.15, -0.1) is 11.3 Å². The zero-order chi connectivity index (χ0) is 13.7. The number of nitrogens with one attached hydrogen (secondary N) is 1. The third-order valence-corrected chi connectivity index (χ3v) is 4.19. The molecule has 1 heterocycles. The van der Waals surface area contributed by atoms with Crippen molar-refractivity contribution in [2.75, 3.05) is 13.7 Å². The average Bonchev–Trinajstić information content (AvgIpc) is 2.90. The molecule has 1 unspecified atom stereocenters. The maximum absolute atomic E-state index is 5.30. The van der Waals surface area contributed by atoms with Gasteiger partial charge in [0.15, 0.2) is 0 Å². The van der Waals surface area contributed by atoms with Gasteiger partial charge in [0.05, 0.1) is 13.2 Å². The Morgan fingerprint density at radius 2 is 2.11 bits per heavy atom. The fourth-order valence-corrected chi connectivity index (χ4v) is 3.10. The summed E-state index contributed by atoms with van der Waals surface area (Å²) < 4.78 is 5.30. The van der Waals surface area contributed by atoms with Gasteiger partial charge in [0, 0.05) is 10.3 Å². The number of hydrogen-bond acceptors (Lipinski definition) is 3. The van der Waals surface area contributed by atoms with Gasteiger partial charge in [-0.25, -0.2) is 0 Å². The van der Waals surface area contributed by atoms with E-state index in [0.717, 1.165) is 18.7 Å². The number of ether oxygens (including phenoxy) is 1. The van der Waals surface area contributed by atoms with Crippen molar-refractivity contribution < 1.29 is 4.74 Å². The molecule has 0 saturated heterocycles. The molecule has 0 saturated carbocycles. The Kier molecular flexibility index (Phi) is 5.00. The largest absolute Gasteiger partial charge is 0.496 e. The molecule has 19 heavy (non-hydrogen) atoms. The van der Waals surface area contributed by atoms with Crippen molar-refractivity contribution in [3.63, 3.8) is 0 Å². The summed E-state index contributed by atoms with van der Waals surface area (Å²) in [6.45, 7) is 5.37. The van der Waals surface area contributed by atoms with Crippen LogP contribution >= 0.6 is 11.3 Å². The topological polar surface area (TPSA) is 21.3 Å². The molecule has 0 radical (unpaired) electrons. The summed E-state index contributed by atoms with van der Waals surface area (Å²) in [4.78, 5) is 1.31. The molecule has 3 heteroatoms. The molecule has 2 rings (SSSR count). The molecule has 1 aromatic heterocycles. The molecular weight excluding hydrogens is 254 g/mol. The highest BCUT2D eigenvalue weighted by Crippen LogP contribution is 2.32. The van der Waals surface area contributed by atoms with Gasteiger partial charge < -0.3 is 10.1 Å². The normalized spacial score (nSPS) is 12.4. The van der Waals surface area contributed by atoms with Gasteiger partial charge in [-0.2, -0.15) is 0 Å². The van der Waals surface area contributed by atoms with Crippen molar-refractivity contribution in [2.45, 2.75) is 26.3 Å². The number of rotatable bonds is 6. The Morgan fingerprint density at radius 1 is 1.32 bits per heavy atom. The minimum Gasteiger partial charge on any atom is -0.496 e. The van der Waals surface area contributed by atoms with Crippen molar-refractivity contribution in [3.8, 4) is 5.75 Å². The molecule has 0 spiro atoms. The SMILES string of the molecule is CCCNC(c1cc(OC)cs1)c1ccccc1C. The average molecular weight is 275 g/mol. The van der Waals surface area contributed by atoms with Crippen molar-refractivity contribution in [2.24, 2.45) is 0 Å². The molecular formula is C16H21NOS. The van der Waals surface area contributed by atoms with Crippen LogP contribution in [0.2, 0.25) is 0 Å². The molecule has 2 nitrogen and oxygen atoms in total. The molecule has 1 aromatic carbocycles. The number of benzene rings is 1. The van der Waals surface area contributed by atoms with Crippen LogP contribution in [0.15, 0.2) is 35.7 Å². The Hall–Kier alpha value is -1.32. The molecule has 0 aliphatic carbocycles. The zero-order valence-electron chi connectivity index (χ0n) is 11.8. The molecule has 1 atom stereocenters. The Balaban J connectivity index is 2.32. The monoisotopic (exact) mass is 275 g/mol. The van der Waals surface area contributed by atoms with Crippen molar-refractivity contribution >= 4 is 11.3 Å². The van der Waals surface area contributed by atoms with E-state index in [9.17, 15) is 0 Å². The minimum absolute atomic E-state index is 0.259. The van der Waals surface area contributed by atoms with Gasteiger partial charge in [0.1, 0.15) is 5.75 Å². The molecule has 2 aromatic rings. The Labute approximate surface area is 119 Å². The minimum atomic E-state index is 0.259. The summed E-state index contributed by atoms with van der Waals surface area (Å²) in [5, 5.41) is 5.70. The van der Waals surface area contributed by atoms with Crippen LogP contribution in [0.25, 0.3) is 0 Å². The van der Waals surface area contributed by atoms with Crippen molar-refractivity contribution in [1.82, 2.24) is 5.32 Å². The van der Waals surface area contributed by atoms with Crippen LogP contribution in [-0.2, 0) is 0 Å². The van der Waals surface area contributed by atoms with E-state index in [-0.39, 0.29) is 6.04 Å². The molecule has 0 aliphatic heterocycles. The third kappa shape index (κ3) is 3.37. The lowest BCUT2D eigenvalue weighted by Crippen LogP contribution is -2.23. The summed E-state index contributed by atoms with van der Waals surface area (Å²) in [6.07, 6.45) is 1.13. The molecule has 0 fully saturated rings. The highest BCUT2D eigenvalue weighted by Gasteiger charge is 2.17. The van der Waals surface area contributed by atoms with Gasteiger partial charge >= 0.3 is 0 Å². The second-order valence-corrected chi connectivity index (χ2v) is 5.58. The second kappa shape index (κ2) is 6.73. The summed E-state index contributed by atoms with van der Waals surface area (Å²) in [6, 6.07) is 11.0. The fourth-order valence-electron chi connectivity index (χ4n) is 2.16. The fraction of sp³-hybridized carbons (Fsp3) is 0.375. The zero-order valence-corrected chi connectivity index (χ0v) is 12.6. The van der Waals surface area contributed by atoms with E-state index in [4.69, 9.17) is 4.74 Å². The standard InChI is InChI=1S/C16H21NOS/c1-4-9-17-16(14-8-6-5-7-12(14)2)15-10-13(18-3)11-19-15/h5-8,10-11,16-17H,4,9H2,1-3H3. The summed E-state index contributed by atoms with van der Waals surface area (Å²) in [7, 11) is 1.72. The lowest BCUT2D eigenvalue weighted by atomic mass is 10.00. The van der Waals surface area contributed by atoms with Crippen LogP contribution < -0.4 is 10.1 Å². The smallest absolute Gasteiger partial charge is 0.129 e. The van der Waals surface area contributed by atoms with Gasteiger partial charge in [0.2, 0.25) is 0 Å². The van der Waals surface area contributed by atoms with Gasteiger partial charge in [-0.05, 0) is 37.1 Å². The Bertz CT molecular complexity index is 521. The molecule has 0 bridgehead atoms. The highest BCUT2D eigenvalue weighted by molar-refractivity contribution is 7.10. The van der Waals surface area contributed by atoms with Crippen LogP contribution in [0.4, 0.5) is 0 Å². The van der Waals surface area contributed by atoms with Crippen LogP contribution in [-0.4, -0.2) is 13.7 Å². The van der Waals surface area contributed by atoms with Gasteiger partial charge in [0.25, 0.3) is 0 Å². The van der Waals surface area contributed by atoms with E-state index in [2.05, 4.69) is 54.9 Å². The van der Waals surface area contributed by atoms with Crippen LogP contribution in [0, 0.1) is 6.92 Å². The first-order chi connectivity index (χ1) is 9.26. The summed E-state index contributed by atoms with van der Waals surface area (Å²) >= 11 is 1.75. The van der Waals surface area contributed by atoms with Crippen LogP contribution in [0.5, 0.6) is 5.75 Å². The molecule has 0 aliphatic rings. The first-order valence-electron chi connectivity index (χ1n) is 6.67. The lowest BCUT2D eigenvalue weighted by molar-refractivity contribution is 0.416. The number of thiophene rings is 1. The van der Waals surface area contributed by atoms with E-state index in [1.807, 2.05) is 0 Å². The lowest BCUT2D eigenvalue weighted by Gasteiger charge is -2.19. The molecule has 0 amide bonds. The number of aryl methyl sites for hydroxylation is 1. The maximum Gasteiger partial charge on any atom is 0.129 e. The van der Waals surface area contributed by atoms with E-state index < -0.39 is 0 Å². The first-order valence-corrected chi connectivity index (χ1v) is 7.55. The summed E-state index contributed by atoms with van der Waals surface area (Å²) in [5.41, 5.74) is 2.67. The predicted molar refractivity (Wildman–Crippen MR) is 82.2 cm³/mol. The van der Waals surface area contributed by atoms with Crippen molar-refractivity contribution in [1.29, 1.82) is 0 Å². The first kappa shape index (κ1) is 14.1. The predicted octanol–water partition coefficient (Wildman–Crippen LogP) is 4.15. The van der Waals surface area contributed by atoms with E-state index >= 15 is 0 Å². The second-order valence-electron chi connectivity index (χ2n) is 4.63. The highest BCUT2D eigenvalue weighted by atomic mass is 32.1. The quantitative estimate of drug-likeness (QED) is 0.855. The molecule has 1 N–H and O–H groups in total. The van der Waals surface area contributed by atoms with Crippen LogP contribution in [0.1, 0.15) is 35.4 Å².